The number of aromatic nitrogens is 1. The van der Waals surface area contributed by atoms with Crippen LogP contribution in [-0.2, 0) is 11.2 Å². The minimum absolute atomic E-state index is 0.279. The fourth-order valence-corrected chi connectivity index (χ4v) is 2.54. The molecule has 1 aromatic heterocycles. The molecule has 1 amide bonds. The number of carbonyl (C=O) groups is 1. The van der Waals surface area contributed by atoms with Gasteiger partial charge in [-0.2, -0.15) is 13.2 Å². The number of H-pyrrole nitrogens is 1. The summed E-state index contributed by atoms with van der Waals surface area (Å²) in [7, 11) is 0. The van der Waals surface area contributed by atoms with Crippen LogP contribution in [-0.4, -0.2) is 23.1 Å². The summed E-state index contributed by atoms with van der Waals surface area (Å²) >= 11 is 0. The quantitative estimate of drug-likeness (QED) is 0.878. The lowest BCUT2D eigenvalue weighted by atomic mass is 9.98. The van der Waals surface area contributed by atoms with Crippen LogP contribution < -0.4 is 10.9 Å². The van der Waals surface area contributed by atoms with E-state index < -0.39 is 24.0 Å². The average Bonchev–Trinajstić information content (AvgIpc) is 2.51. The van der Waals surface area contributed by atoms with Gasteiger partial charge in [0.05, 0.1) is 6.42 Å². The molecule has 2 unspecified atom stereocenters. The number of amides is 1. The third kappa shape index (κ3) is 4.15. The topological polar surface area (TPSA) is 62.0 Å². The van der Waals surface area contributed by atoms with E-state index in [-0.39, 0.29) is 24.1 Å². The Morgan fingerprint density at radius 2 is 1.96 bits per heavy atom. The Labute approximate surface area is 137 Å². The predicted molar refractivity (Wildman–Crippen MR) is 85.7 cm³/mol. The van der Waals surface area contributed by atoms with Crippen molar-refractivity contribution in [3.8, 4) is 0 Å². The van der Waals surface area contributed by atoms with Crippen molar-refractivity contribution in [1.29, 1.82) is 0 Å². The van der Waals surface area contributed by atoms with Crippen molar-refractivity contribution in [3.63, 3.8) is 0 Å². The number of nitrogens with one attached hydrogen (secondary N) is 2. The maximum absolute atomic E-state index is 13.1. The van der Waals surface area contributed by atoms with Gasteiger partial charge in [-0.05, 0) is 23.4 Å². The molecule has 0 saturated heterocycles. The average molecular weight is 340 g/mol. The Bertz CT molecular complexity index is 783. The molecule has 0 radical (unpaired) electrons. The first-order valence-electron chi connectivity index (χ1n) is 7.69. The summed E-state index contributed by atoms with van der Waals surface area (Å²) in [5, 5.41) is 3.14. The number of benzene rings is 1. The van der Waals surface area contributed by atoms with E-state index >= 15 is 0 Å². The smallest absolute Gasteiger partial charge is 0.344 e. The van der Waals surface area contributed by atoms with Crippen LogP contribution in [0.5, 0.6) is 0 Å². The van der Waals surface area contributed by atoms with Crippen LogP contribution in [0.1, 0.15) is 26.0 Å². The first kappa shape index (κ1) is 18.0. The fraction of sp³-hybridized carbons (Fsp3) is 0.412. The van der Waals surface area contributed by atoms with E-state index in [1.54, 1.807) is 37.3 Å². The summed E-state index contributed by atoms with van der Waals surface area (Å²) in [6.45, 7) is 3.08. The molecule has 7 heteroatoms. The fourth-order valence-electron chi connectivity index (χ4n) is 2.54. The normalized spacial score (nSPS) is 14.4. The number of aromatic amines is 1. The minimum atomic E-state index is -4.51. The van der Waals surface area contributed by atoms with Crippen LogP contribution >= 0.6 is 0 Å². The zero-order chi connectivity index (χ0) is 17.9. The van der Waals surface area contributed by atoms with Gasteiger partial charge in [0.15, 0.2) is 0 Å². The number of fused-ring (bicyclic) bond motifs is 1. The van der Waals surface area contributed by atoms with Gasteiger partial charge >= 0.3 is 6.18 Å². The third-order valence-electron chi connectivity index (χ3n) is 4.04. The molecule has 1 heterocycles. The molecule has 24 heavy (non-hydrogen) atoms. The molecule has 2 rings (SSSR count). The monoisotopic (exact) mass is 340 g/mol. The van der Waals surface area contributed by atoms with Gasteiger partial charge in [-0.3, -0.25) is 9.59 Å². The third-order valence-corrected chi connectivity index (χ3v) is 4.04. The van der Waals surface area contributed by atoms with E-state index in [9.17, 15) is 22.8 Å². The van der Waals surface area contributed by atoms with Crippen molar-refractivity contribution in [2.45, 2.75) is 38.9 Å². The van der Waals surface area contributed by atoms with Crippen molar-refractivity contribution >= 4 is 16.7 Å². The molecule has 2 atom stereocenters. The number of alkyl halides is 3. The van der Waals surface area contributed by atoms with Gasteiger partial charge in [0.2, 0.25) is 5.91 Å². The molecular formula is C17H19F3N2O2. The standard InChI is InChI=1S/C17H19F3N2O2/c1-3-10(2)15(17(18,19)20)22-14(23)9-12-8-11-6-4-5-7-13(11)16(24)21-12/h4-8,10,15H,3,9H2,1-2H3,(H,21,24)(H,22,23). The molecule has 0 aliphatic carbocycles. The summed E-state index contributed by atoms with van der Waals surface area (Å²) in [6, 6.07) is 6.51. The maximum Gasteiger partial charge on any atom is 0.408 e. The molecule has 0 saturated carbocycles. The molecule has 4 nitrogen and oxygen atoms in total. The highest BCUT2D eigenvalue weighted by atomic mass is 19.4. The summed E-state index contributed by atoms with van der Waals surface area (Å²) in [5.41, 5.74) is -0.0912. The largest absolute Gasteiger partial charge is 0.408 e. The molecule has 2 N–H and O–H groups in total. The van der Waals surface area contributed by atoms with Gasteiger partial charge in [-0.1, -0.05) is 38.5 Å². The van der Waals surface area contributed by atoms with Gasteiger partial charge < -0.3 is 10.3 Å². The zero-order valence-corrected chi connectivity index (χ0v) is 13.4. The number of hydrogen-bond acceptors (Lipinski definition) is 2. The van der Waals surface area contributed by atoms with E-state index in [4.69, 9.17) is 0 Å². The van der Waals surface area contributed by atoms with Crippen molar-refractivity contribution in [3.05, 3.63) is 46.4 Å². The Kier molecular flexibility index (Phi) is 5.31. The molecule has 0 aliphatic rings. The highest BCUT2D eigenvalue weighted by Gasteiger charge is 2.43. The van der Waals surface area contributed by atoms with E-state index in [0.717, 1.165) is 0 Å². The van der Waals surface area contributed by atoms with Crippen LogP contribution in [0.15, 0.2) is 35.1 Å². The minimum Gasteiger partial charge on any atom is -0.344 e. The first-order valence-corrected chi connectivity index (χ1v) is 7.69. The Hall–Kier alpha value is -2.31. The van der Waals surface area contributed by atoms with E-state index in [1.807, 2.05) is 5.32 Å². The molecule has 0 aliphatic heterocycles. The van der Waals surface area contributed by atoms with Gasteiger partial charge in [0.1, 0.15) is 6.04 Å². The van der Waals surface area contributed by atoms with E-state index in [1.165, 1.54) is 6.92 Å². The van der Waals surface area contributed by atoms with Crippen molar-refractivity contribution < 1.29 is 18.0 Å². The predicted octanol–water partition coefficient (Wildman–Crippen LogP) is 3.16. The Morgan fingerprint density at radius 3 is 2.58 bits per heavy atom. The van der Waals surface area contributed by atoms with Crippen LogP contribution in [0.25, 0.3) is 10.8 Å². The molecule has 0 fully saturated rings. The second-order valence-electron chi connectivity index (χ2n) is 5.86. The lowest BCUT2D eigenvalue weighted by Crippen LogP contribution is -2.49. The van der Waals surface area contributed by atoms with Crippen molar-refractivity contribution in [1.82, 2.24) is 10.3 Å². The number of halogens is 3. The molecule has 0 bridgehead atoms. The van der Waals surface area contributed by atoms with E-state index in [2.05, 4.69) is 4.98 Å². The molecule has 1 aromatic carbocycles. The van der Waals surface area contributed by atoms with Crippen molar-refractivity contribution in [2.75, 3.05) is 0 Å². The Morgan fingerprint density at radius 1 is 1.29 bits per heavy atom. The maximum atomic E-state index is 13.1. The number of hydrogen-bond donors (Lipinski definition) is 2. The number of carbonyl (C=O) groups excluding carboxylic acids is 1. The van der Waals surface area contributed by atoms with Crippen LogP contribution in [0.3, 0.4) is 0 Å². The van der Waals surface area contributed by atoms with Gasteiger partial charge in [-0.15, -0.1) is 0 Å². The summed E-state index contributed by atoms with van der Waals surface area (Å²) in [4.78, 5) is 26.5. The lowest BCUT2D eigenvalue weighted by Gasteiger charge is -2.26. The zero-order valence-electron chi connectivity index (χ0n) is 13.4. The highest BCUT2D eigenvalue weighted by Crippen LogP contribution is 2.27. The SMILES string of the molecule is CCC(C)C(NC(=O)Cc1cc2ccccc2c(=O)[nH]1)C(F)(F)F. The second kappa shape index (κ2) is 7.07. The van der Waals surface area contributed by atoms with Gasteiger partial charge in [0, 0.05) is 11.1 Å². The number of pyridine rings is 1. The van der Waals surface area contributed by atoms with Crippen LogP contribution in [0, 0.1) is 5.92 Å². The molecule has 2 aromatic rings. The van der Waals surface area contributed by atoms with E-state index in [0.29, 0.717) is 10.8 Å². The lowest BCUT2D eigenvalue weighted by molar-refractivity contribution is -0.171. The second-order valence-corrected chi connectivity index (χ2v) is 5.86. The summed E-state index contributed by atoms with van der Waals surface area (Å²) < 4.78 is 39.2. The van der Waals surface area contributed by atoms with Crippen LogP contribution in [0.4, 0.5) is 13.2 Å². The van der Waals surface area contributed by atoms with Gasteiger partial charge in [0.25, 0.3) is 5.56 Å². The molecular weight excluding hydrogens is 321 g/mol. The molecule has 0 spiro atoms. The van der Waals surface area contributed by atoms with Crippen molar-refractivity contribution in [2.24, 2.45) is 5.92 Å². The highest BCUT2D eigenvalue weighted by molar-refractivity contribution is 5.84. The Balaban J connectivity index is 2.18. The van der Waals surface area contributed by atoms with Gasteiger partial charge in [-0.25, -0.2) is 0 Å². The summed E-state index contributed by atoms with van der Waals surface area (Å²) in [6.07, 6.45) is -4.54. The number of rotatable bonds is 5. The molecule has 130 valence electrons. The van der Waals surface area contributed by atoms with Crippen LogP contribution in [0.2, 0.25) is 0 Å². The summed E-state index contributed by atoms with van der Waals surface area (Å²) in [5.74, 6) is -1.51. The first-order chi connectivity index (χ1) is 11.2.